The van der Waals surface area contributed by atoms with Crippen molar-refractivity contribution in [3.8, 4) is 0 Å². The molecule has 3 nitrogen and oxygen atoms in total. The van der Waals surface area contributed by atoms with Gasteiger partial charge in [0.1, 0.15) is 0 Å². The van der Waals surface area contributed by atoms with Crippen molar-refractivity contribution in [2.45, 2.75) is 95.1 Å². The van der Waals surface area contributed by atoms with Gasteiger partial charge in [0.25, 0.3) is 0 Å². The Labute approximate surface area is 187 Å². The van der Waals surface area contributed by atoms with E-state index in [2.05, 4.69) is 103 Å². The van der Waals surface area contributed by atoms with E-state index in [4.69, 9.17) is 4.43 Å². The first-order valence-corrected chi connectivity index (χ1v) is 18.2. The predicted octanol–water partition coefficient (Wildman–Crippen LogP) is 5.43. The second kappa shape index (κ2) is 7.94. The summed E-state index contributed by atoms with van der Waals surface area (Å²) in [6.45, 7) is 25.9. The molecule has 0 spiro atoms. The Bertz CT molecular complexity index is 737. The van der Waals surface area contributed by atoms with Gasteiger partial charge >= 0.3 is 188 Å². The number of amides is 1. The SMILES string of the molecule is CC(C)(C)[Si](C)(C)OC[C@H]1N([Si](C)(C)C(C)(C)C)C(=O)[C@@]1(C)[Se]c1ccccc1. The van der Waals surface area contributed by atoms with E-state index in [1.807, 2.05) is 6.07 Å². The van der Waals surface area contributed by atoms with E-state index in [1.165, 1.54) is 4.46 Å². The average Bonchev–Trinajstić information content (AvgIpc) is 2.56. The summed E-state index contributed by atoms with van der Waals surface area (Å²) in [6, 6.07) is 10.7. The van der Waals surface area contributed by atoms with Gasteiger partial charge in [0.15, 0.2) is 0 Å². The molecule has 1 aromatic carbocycles. The summed E-state index contributed by atoms with van der Waals surface area (Å²) in [5.41, 5.74) is 0. The summed E-state index contributed by atoms with van der Waals surface area (Å²) < 4.78 is 9.94. The van der Waals surface area contributed by atoms with Gasteiger partial charge in [-0.25, -0.2) is 0 Å². The van der Waals surface area contributed by atoms with Gasteiger partial charge in [-0.2, -0.15) is 0 Å². The molecule has 0 radical (unpaired) electrons. The van der Waals surface area contributed by atoms with Gasteiger partial charge in [0.2, 0.25) is 0 Å². The Kier molecular flexibility index (Phi) is 6.81. The van der Waals surface area contributed by atoms with E-state index in [0.29, 0.717) is 12.5 Å². The normalized spacial score (nSPS) is 23.9. The van der Waals surface area contributed by atoms with Crippen molar-refractivity contribution in [1.29, 1.82) is 0 Å². The molecule has 29 heavy (non-hydrogen) atoms. The second-order valence-corrected chi connectivity index (χ2v) is 24.7. The average molecular weight is 499 g/mol. The standard InChI is InChI=1S/C23H41NO2SeSi2/c1-21(2,3)28(8,9)24-19(17-26-29(10,11)22(4,5)6)23(7,20(24)25)27-18-15-13-12-14-16-18/h12-16,19H,17H2,1-11H3/t19-,23+/m1/s1. The number of carbonyl (C=O) groups is 1. The third-order valence-corrected chi connectivity index (χ3v) is 20.3. The fourth-order valence-electron chi connectivity index (χ4n) is 3.29. The second-order valence-electron chi connectivity index (χ2n) is 11.6. The van der Waals surface area contributed by atoms with Gasteiger partial charge in [-0.3, -0.25) is 0 Å². The van der Waals surface area contributed by atoms with Gasteiger partial charge in [0.05, 0.1) is 0 Å². The quantitative estimate of drug-likeness (QED) is 0.387. The number of hydrogen-bond donors (Lipinski definition) is 0. The third kappa shape index (κ3) is 4.62. The van der Waals surface area contributed by atoms with Crippen molar-refractivity contribution in [1.82, 2.24) is 4.57 Å². The van der Waals surface area contributed by atoms with Crippen molar-refractivity contribution in [2.75, 3.05) is 6.61 Å². The summed E-state index contributed by atoms with van der Waals surface area (Å²) >= 11 is 0.0890. The molecule has 1 fully saturated rings. The van der Waals surface area contributed by atoms with E-state index in [-0.39, 0.29) is 35.4 Å². The molecule has 0 saturated carbocycles. The number of nitrogens with zero attached hydrogens (tertiary/aromatic N) is 1. The molecular formula is C23H41NO2SeSi2. The Balaban J connectivity index is 2.37. The molecule has 0 N–H and O–H groups in total. The van der Waals surface area contributed by atoms with Crippen LogP contribution in [0.3, 0.4) is 0 Å². The Morgan fingerprint density at radius 1 is 1.00 bits per heavy atom. The molecule has 1 amide bonds. The van der Waals surface area contributed by atoms with Crippen LogP contribution in [0.1, 0.15) is 48.5 Å². The van der Waals surface area contributed by atoms with Crippen molar-refractivity contribution < 1.29 is 9.22 Å². The molecule has 1 aromatic rings. The molecule has 0 bridgehead atoms. The molecule has 0 aromatic heterocycles. The topological polar surface area (TPSA) is 29.5 Å². The van der Waals surface area contributed by atoms with E-state index in [1.54, 1.807) is 0 Å². The molecule has 0 aliphatic carbocycles. The molecule has 2 rings (SSSR count). The maximum absolute atomic E-state index is 13.6. The Hall–Kier alpha value is -0.397. The summed E-state index contributed by atoms with van der Waals surface area (Å²) in [5.74, 6) is 0.344. The van der Waals surface area contributed by atoms with Crippen molar-refractivity contribution in [3.05, 3.63) is 30.3 Å². The van der Waals surface area contributed by atoms with E-state index >= 15 is 0 Å². The number of carbonyl (C=O) groups excluding carboxylic acids is 1. The predicted molar refractivity (Wildman–Crippen MR) is 131 cm³/mol. The van der Waals surface area contributed by atoms with Crippen LogP contribution in [-0.4, -0.2) is 54.6 Å². The minimum atomic E-state index is -1.97. The monoisotopic (exact) mass is 499 g/mol. The van der Waals surface area contributed by atoms with E-state index in [9.17, 15) is 4.79 Å². The van der Waals surface area contributed by atoms with Crippen LogP contribution in [0.25, 0.3) is 0 Å². The van der Waals surface area contributed by atoms with Crippen molar-refractivity contribution in [2.24, 2.45) is 0 Å². The molecule has 2 atom stereocenters. The van der Waals surface area contributed by atoms with Crippen LogP contribution in [0.15, 0.2) is 30.3 Å². The minimum absolute atomic E-state index is 0.0890. The zero-order chi connectivity index (χ0) is 22.5. The summed E-state index contributed by atoms with van der Waals surface area (Å²) in [4.78, 5) is 13.6. The fourth-order valence-corrected chi connectivity index (χ4v) is 9.94. The summed E-state index contributed by atoms with van der Waals surface area (Å²) in [7, 11) is -3.84. The van der Waals surface area contributed by atoms with Gasteiger partial charge in [-0.05, 0) is 0 Å². The number of rotatable bonds is 6. The summed E-state index contributed by atoms with van der Waals surface area (Å²) in [6.07, 6.45) is 0. The van der Waals surface area contributed by atoms with Crippen molar-refractivity contribution in [3.63, 3.8) is 0 Å². The fraction of sp³-hybridized carbons (Fsp3) is 0.696. The van der Waals surface area contributed by atoms with Crippen LogP contribution in [0.5, 0.6) is 0 Å². The van der Waals surface area contributed by atoms with Crippen molar-refractivity contribution >= 4 is 41.9 Å². The van der Waals surface area contributed by atoms with Crippen LogP contribution in [-0.2, 0) is 9.22 Å². The zero-order valence-corrected chi connectivity index (χ0v) is 24.1. The molecule has 1 saturated heterocycles. The van der Waals surface area contributed by atoms with Crippen LogP contribution in [0, 0.1) is 0 Å². The molecule has 1 aliphatic heterocycles. The molecule has 1 aliphatic rings. The molecular weight excluding hydrogens is 457 g/mol. The van der Waals surface area contributed by atoms with E-state index < -0.39 is 16.6 Å². The third-order valence-electron chi connectivity index (χ3n) is 7.51. The first-order chi connectivity index (χ1) is 13.0. The van der Waals surface area contributed by atoms with Gasteiger partial charge in [0, 0.05) is 0 Å². The van der Waals surface area contributed by atoms with Gasteiger partial charge in [-0.15, -0.1) is 0 Å². The van der Waals surface area contributed by atoms with Gasteiger partial charge < -0.3 is 0 Å². The zero-order valence-electron chi connectivity index (χ0n) is 20.3. The van der Waals surface area contributed by atoms with E-state index in [0.717, 1.165) is 0 Å². The maximum atomic E-state index is 13.6. The Morgan fingerprint density at radius 3 is 1.97 bits per heavy atom. The molecule has 0 unspecified atom stereocenters. The van der Waals surface area contributed by atoms with Crippen LogP contribution in [0.2, 0.25) is 40.6 Å². The number of β-lactam (4-membered cyclic amide) rings is 1. The molecule has 1 heterocycles. The number of benzene rings is 1. The molecule has 6 heteroatoms. The molecule has 164 valence electrons. The van der Waals surface area contributed by atoms with Crippen LogP contribution >= 0.6 is 0 Å². The van der Waals surface area contributed by atoms with Crippen LogP contribution in [0.4, 0.5) is 0 Å². The first kappa shape index (κ1) is 24.9. The summed E-state index contributed by atoms with van der Waals surface area (Å²) in [5, 5.41) is 0.294. The first-order valence-electron chi connectivity index (χ1n) is 10.7. The number of hydrogen-bond acceptors (Lipinski definition) is 2. The Morgan fingerprint density at radius 2 is 1.52 bits per heavy atom. The van der Waals surface area contributed by atoms with Gasteiger partial charge in [-0.1, -0.05) is 0 Å². The van der Waals surface area contributed by atoms with Crippen LogP contribution < -0.4 is 4.46 Å².